The van der Waals surface area contributed by atoms with Crippen LogP contribution in [0.15, 0.2) is 53.4 Å². The van der Waals surface area contributed by atoms with Crippen LogP contribution in [-0.2, 0) is 4.79 Å². The Morgan fingerprint density at radius 1 is 1.04 bits per heavy atom. The van der Waals surface area contributed by atoms with Gasteiger partial charge in [-0.05, 0) is 35.9 Å². The molecule has 2 aromatic carbocycles. The Morgan fingerprint density at radius 3 is 2.58 bits per heavy atom. The van der Waals surface area contributed by atoms with Gasteiger partial charge in [0.15, 0.2) is 15.8 Å². The van der Waals surface area contributed by atoms with E-state index in [9.17, 15) is 4.79 Å². The average molecular weight is 355 g/mol. The van der Waals surface area contributed by atoms with Gasteiger partial charge in [0.1, 0.15) is 13.2 Å². The lowest BCUT2D eigenvalue weighted by atomic mass is 10.1. The Hall–Kier alpha value is -2.31. The number of thioether (sulfide) groups is 1. The monoisotopic (exact) mass is 355 g/mol. The Balaban J connectivity index is 1.64. The van der Waals surface area contributed by atoms with E-state index < -0.39 is 0 Å². The number of rotatable bonds is 2. The molecule has 0 spiro atoms. The molecule has 1 saturated heterocycles. The number of hydrogen-bond donors (Lipinski definition) is 0. The number of para-hydroxylation sites is 1. The Morgan fingerprint density at radius 2 is 1.79 bits per heavy atom. The normalized spacial score (nSPS) is 18.3. The number of fused-ring (bicyclic) bond motifs is 1. The minimum absolute atomic E-state index is 0.105. The fourth-order valence-corrected chi connectivity index (χ4v) is 3.87. The van der Waals surface area contributed by atoms with E-state index in [1.165, 1.54) is 11.8 Å². The molecule has 2 aliphatic heterocycles. The summed E-state index contributed by atoms with van der Waals surface area (Å²) in [6.45, 7) is 1.09. The zero-order chi connectivity index (χ0) is 16.5. The molecule has 4 nitrogen and oxygen atoms in total. The summed E-state index contributed by atoms with van der Waals surface area (Å²) in [5.41, 5.74) is 1.67. The van der Waals surface area contributed by atoms with Crippen molar-refractivity contribution in [3.05, 3.63) is 59.0 Å². The molecule has 4 rings (SSSR count). The predicted octanol–water partition coefficient (Wildman–Crippen LogP) is 3.86. The van der Waals surface area contributed by atoms with Crippen molar-refractivity contribution in [1.82, 2.24) is 0 Å². The summed E-state index contributed by atoms with van der Waals surface area (Å²) < 4.78 is 11.6. The number of carbonyl (C=O) groups is 1. The molecule has 0 radical (unpaired) electrons. The standard InChI is InChI=1S/C18H13NO3S2/c20-17-16(24-18(23)19(17)13-4-2-1-3-5-13)11-12-6-7-14-15(10-12)22-9-8-21-14/h1-7,10-11H,8-9H2/b16-11+. The molecule has 2 heterocycles. The minimum Gasteiger partial charge on any atom is -0.486 e. The van der Waals surface area contributed by atoms with E-state index >= 15 is 0 Å². The van der Waals surface area contributed by atoms with E-state index in [-0.39, 0.29) is 5.91 Å². The van der Waals surface area contributed by atoms with Gasteiger partial charge in [0, 0.05) is 0 Å². The highest BCUT2D eigenvalue weighted by Crippen LogP contribution is 2.37. The van der Waals surface area contributed by atoms with Crippen LogP contribution in [0.3, 0.4) is 0 Å². The van der Waals surface area contributed by atoms with Gasteiger partial charge in [0.05, 0.1) is 10.6 Å². The fourth-order valence-electron chi connectivity index (χ4n) is 2.57. The summed E-state index contributed by atoms with van der Waals surface area (Å²) in [6.07, 6.45) is 1.83. The molecule has 2 aliphatic rings. The lowest BCUT2D eigenvalue weighted by Gasteiger charge is -2.18. The zero-order valence-corrected chi connectivity index (χ0v) is 14.2. The van der Waals surface area contributed by atoms with Gasteiger partial charge in [-0.1, -0.05) is 48.2 Å². The second-order valence-corrected chi connectivity index (χ2v) is 6.93. The number of thiocarbonyl (C=S) groups is 1. The van der Waals surface area contributed by atoms with Crippen LogP contribution in [-0.4, -0.2) is 23.4 Å². The fraction of sp³-hybridized carbons (Fsp3) is 0.111. The minimum atomic E-state index is -0.105. The second kappa shape index (κ2) is 6.30. The number of benzene rings is 2. The first-order chi connectivity index (χ1) is 11.7. The molecule has 0 saturated carbocycles. The number of amides is 1. The van der Waals surface area contributed by atoms with Crippen LogP contribution in [0.5, 0.6) is 11.5 Å². The number of carbonyl (C=O) groups excluding carboxylic acids is 1. The molecule has 0 atom stereocenters. The van der Waals surface area contributed by atoms with E-state index in [2.05, 4.69) is 0 Å². The molecular weight excluding hydrogens is 342 g/mol. The SMILES string of the molecule is O=C1/C(=C\c2ccc3c(c2)OCCO3)SC(=S)N1c1ccccc1. The van der Waals surface area contributed by atoms with Gasteiger partial charge in [-0.2, -0.15) is 0 Å². The molecule has 1 amide bonds. The molecule has 0 bridgehead atoms. The molecule has 6 heteroatoms. The largest absolute Gasteiger partial charge is 0.486 e. The summed E-state index contributed by atoms with van der Waals surface area (Å²) >= 11 is 6.68. The molecule has 0 aliphatic carbocycles. The van der Waals surface area contributed by atoms with Crippen molar-refractivity contribution in [3.63, 3.8) is 0 Å². The Kier molecular flexibility index (Phi) is 4.00. The van der Waals surface area contributed by atoms with Crippen molar-refractivity contribution in [2.75, 3.05) is 18.1 Å². The van der Waals surface area contributed by atoms with Crippen molar-refractivity contribution in [3.8, 4) is 11.5 Å². The van der Waals surface area contributed by atoms with E-state index in [1.54, 1.807) is 4.90 Å². The van der Waals surface area contributed by atoms with Gasteiger partial charge in [-0.25, -0.2) is 0 Å². The number of nitrogens with zero attached hydrogens (tertiary/aromatic N) is 1. The van der Waals surface area contributed by atoms with Crippen LogP contribution in [0.4, 0.5) is 5.69 Å². The highest BCUT2D eigenvalue weighted by Gasteiger charge is 2.33. The van der Waals surface area contributed by atoms with E-state index in [1.807, 2.05) is 54.6 Å². The first-order valence-electron chi connectivity index (χ1n) is 7.45. The number of ether oxygens (including phenoxy) is 2. The van der Waals surface area contributed by atoms with Crippen LogP contribution in [0.2, 0.25) is 0 Å². The third-order valence-electron chi connectivity index (χ3n) is 3.67. The molecule has 1 fully saturated rings. The smallest absolute Gasteiger partial charge is 0.270 e. The van der Waals surface area contributed by atoms with Gasteiger partial charge in [-0.3, -0.25) is 9.69 Å². The Bertz CT molecular complexity index is 849. The van der Waals surface area contributed by atoms with Crippen molar-refractivity contribution in [2.45, 2.75) is 0 Å². The zero-order valence-electron chi connectivity index (χ0n) is 12.6. The van der Waals surface area contributed by atoms with Gasteiger partial charge in [0.2, 0.25) is 0 Å². The maximum atomic E-state index is 12.7. The highest BCUT2D eigenvalue weighted by atomic mass is 32.2. The van der Waals surface area contributed by atoms with Crippen molar-refractivity contribution in [1.29, 1.82) is 0 Å². The van der Waals surface area contributed by atoms with Crippen molar-refractivity contribution in [2.24, 2.45) is 0 Å². The van der Waals surface area contributed by atoms with E-state index in [4.69, 9.17) is 21.7 Å². The summed E-state index contributed by atoms with van der Waals surface area (Å²) in [4.78, 5) is 14.9. The van der Waals surface area contributed by atoms with E-state index in [0.717, 1.165) is 17.0 Å². The molecule has 2 aromatic rings. The average Bonchev–Trinajstić information content (AvgIpc) is 2.89. The van der Waals surface area contributed by atoms with Crippen LogP contribution in [0, 0.1) is 0 Å². The van der Waals surface area contributed by atoms with Crippen LogP contribution in [0.1, 0.15) is 5.56 Å². The number of anilines is 1. The maximum Gasteiger partial charge on any atom is 0.270 e. The van der Waals surface area contributed by atoms with E-state index in [0.29, 0.717) is 28.2 Å². The Labute approximate surface area is 149 Å². The molecule has 0 aromatic heterocycles. The highest BCUT2D eigenvalue weighted by molar-refractivity contribution is 8.27. The van der Waals surface area contributed by atoms with Gasteiger partial charge >= 0.3 is 0 Å². The van der Waals surface area contributed by atoms with Crippen LogP contribution < -0.4 is 14.4 Å². The summed E-state index contributed by atoms with van der Waals surface area (Å²) in [5.74, 6) is 1.33. The number of hydrogen-bond acceptors (Lipinski definition) is 5. The van der Waals surface area contributed by atoms with Crippen LogP contribution in [0.25, 0.3) is 6.08 Å². The summed E-state index contributed by atoms with van der Waals surface area (Å²) in [5, 5.41) is 0. The molecule has 120 valence electrons. The van der Waals surface area contributed by atoms with Gasteiger partial charge < -0.3 is 9.47 Å². The molecule has 0 unspecified atom stereocenters. The van der Waals surface area contributed by atoms with Crippen molar-refractivity contribution >= 4 is 46.0 Å². The van der Waals surface area contributed by atoms with Gasteiger partial charge in [0.25, 0.3) is 5.91 Å². The van der Waals surface area contributed by atoms with Crippen molar-refractivity contribution < 1.29 is 14.3 Å². The third-order valence-corrected chi connectivity index (χ3v) is 4.97. The lowest BCUT2D eigenvalue weighted by molar-refractivity contribution is -0.113. The predicted molar refractivity (Wildman–Crippen MR) is 99.5 cm³/mol. The molecule has 0 N–H and O–H groups in total. The lowest BCUT2D eigenvalue weighted by Crippen LogP contribution is -2.27. The summed E-state index contributed by atoms with van der Waals surface area (Å²) in [7, 11) is 0. The quantitative estimate of drug-likeness (QED) is 0.604. The second-order valence-electron chi connectivity index (χ2n) is 5.26. The molecule has 24 heavy (non-hydrogen) atoms. The van der Waals surface area contributed by atoms with Crippen LogP contribution >= 0.6 is 24.0 Å². The van der Waals surface area contributed by atoms with Gasteiger partial charge in [-0.15, -0.1) is 0 Å². The summed E-state index contributed by atoms with van der Waals surface area (Å²) in [6, 6.07) is 15.1. The first kappa shape index (κ1) is 15.2. The molecular formula is C18H13NO3S2. The topological polar surface area (TPSA) is 38.8 Å². The third kappa shape index (κ3) is 2.79. The first-order valence-corrected chi connectivity index (χ1v) is 8.67. The maximum absolute atomic E-state index is 12.7.